The van der Waals surface area contributed by atoms with E-state index in [4.69, 9.17) is 0 Å². The van der Waals surface area contributed by atoms with Gasteiger partial charge < -0.3 is 10.6 Å². The van der Waals surface area contributed by atoms with Crippen molar-refractivity contribution >= 4 is 27.4 Å². The Morgan fingerprint density at radius 3 is 2.65 bits per heavy atom. The molecule has 0 radical (unpaired) electrons. The maximum atomic E-state index is 4.17. The lowest BCUT2D eigenvalue weighted by molar-refractivity contribution is 1.14. The molecule has 1 aromatic carbocycles. The van der Waals surface area contributed by atoms with E-state index in [0.717, 1.165) is 22.5 Å². The summed E-state index contributed by atoms with van der Waals surface area (Å²) < 4.78 is 1.10. The van der Waals surface area contributed by atoms with Crippen molar-refractivity contribution < 1.29 is 0 Å². The van der Waals surface area contributed by atoms with Gasteiger partial charge in [0.05, 0.1) is 0 Å². The van der Waals surface area contributed by atoms with E-state index in [2.05, 4.69) is 43.7 Å². The highest BCUT2D eigenvalue weighted by Gasteiger charge is 1.96. The molecule has 0 saturated heterocycles. The molecule has 0 unspecified atom stereocenters. The standard InChI is InChI=1S/C13H14BrN3/c1-15-13-8-12(6-7-16-13)17-9-10-2-4-11(14)5-3-10/h2-8H,9H2,1H3,(H2,15,16,17). The number of halogens is 1. The van der Waals surface area contributed by atoms with Crippen LogP contribution in [0.3, 0.4) is 0 Å². The first-order valence-electron chi connectivity index (χ1n) is 5.40. The van der Waals surface area contributed by atoms with Gasteiger partial charge in [0.2, 0.25) is 0 Å². The molecule has 0 saturated carbocycles. The third kappa shape index (κ3) is 3.46. The van der Waals surface area contributed by atoms with Gasteiger partial charge in [0.1, 0.15) is 5.82 Å². The number of hydrogen-bond donors (Lipinski definition) is 2. The number of aromatic nitrogens is 1. The molecule has 1 heterocycles. The predicted octanol–water partition coefficient (Wildman–Crippen LogP) is 3.50. The van der Waals surface area contributed by atoms with Crippen LogP contribution in [0.1, 0.15) is 5.56 Å². The lowest BCUT2D eigenvalue weighted by atomic mass is 10.2. The number of benzene rings is 1. The fourth-order valence-corrected chi connectivity index (χ4v) is 1.75. The molecule has 0 aliphatic heterocycles. The molecule has 0 fully saturated rings. The van der Waals surface area contributed by atoms with E-state index in [1.165, 1.54) is 5.56 Å². The zero-order chi connectivity index (χ0) is 12.1. The Morgan fingerprint density at radius 2 is 1.94 bits per heavy atom. The van der Waals surface area contributed by atoms with Crippen molar-refractivity contribution in [1.82, 2.24) is 4.98 Å². The third-order valence-corrected chi connectivity index (χ3v) is 2.95. The first-order valence-corrected chi connectivity index (χ1v) is 6.19. The minimum atomic E-state index is 0.806. The van der Waals surface area contributed by atoms with Gasteiger partial charge in [-0.05, 0) is 23.8 Å². The summed E-state index contributed by atoms with van der Waals surface area (Å²) in [6, 6.07) is 12.2. The van der Waals surface area contributed by atoms with E-state index in [1.807, 2.05) is 31.3 Å². The molecule has 0 aliphatic rings. The lowest BCUT2D eigenvalue weighted by Crippen LogP contribution is -2.00. The number of nitrogens with zero attached hydrogens (tertiary/aromatic N) is 1. The summed E-state index contributed by atoms with van der Waals surface area (Å²) in [6.45, 7) is 0.806. The average molecular weight is 292 g/mol. The van der Waals surface area contributed by atoms with E-state index in [9.17, 15) is 0 Å². The molecule has 0 spiro atoms. The van der Waals surface area contributed by atoms with Crippen molar-refractivity contribution in [3.8, 4) is 0 Å². The predicted molar refractivity (Wildman–Crippen MR) is 75.3 cm³/mol. The van der Waals surface area contributed by atoms with Crippen LogP contribution >= 0.6 is 15.9 Å². The van der Waals surface area contributed by atoms with Crippen LogP contribution < -0.4 is 10.6 Å². The molecule has 0 atom stereocenters. The minimum absolute atomic E-state index is 0.806. The van der Waals surface area contributed by atoms with Crippen LogP contribution in [0.4, 0.5) is 11.5 Å². The fourth-order valence-electron chi connectivity index (χ4n) is 1.48. The van der Waals surface area contributed by atoms with Gasteiger partial charge in [-0.1, -0.05) is 28.1 Å². The van der Waals surface area contributed by atoms with Crippen LogP contribution in [0.25, 0.3) is 0 Å². The smallest absolute Gasteiger partial charge is 0.127 e. The van der Waals surface area contributed by atoms with Crippen LogP contribution in [0.2, 0.25) is 0 Å². The number of hydrogen-bond acceptors (Lipinski definition) is 3. The van der Waals surface area contributed by atoms with Crippen LogP contribution in [-0.2, 0) is 6.54 Å². The normalized spacial score (nSPS) is 10.0. The summed E-state index contributed by atoms with van der Waals surface area (Å²) in [6.07, 6.45) is 1.79. The van der Waals surface area contributed by atoms with Crippen LogP contribution in [-0.4, -0.2) is 12.0 Å². The average Bonchev–Trinajstić information content (AvgIpc) is 2.38. The van der Waals surface area contributed by atoms with Gasteiger partial charge in [0, 0.05) is 36.0 Å². The molecule has 88 valence electrons. The first kappa shape index (κ1) is 11.9. The largest absolute Gasteiger partial charge is 0.381 e. The zero-order valence-corrected chi connectivity index (χ0v) is 11.2. The Bertz CT molecular complexity index is 482. The molecular formula is C13H14BrN3. The summed E-state index contributed by atoms with van der Waals surface area (Å²) >= 11 is 3.42. The monoisotopic (exact) mass is 291 g/mol. The number of pyridine rings is 1. The van der Waals surface area contributed by atoms with Crippen LogP contribution in [0.5, 0.6) is 0 Å². The Morgan fingerprint density at radius 1 is 1.18 bits per heavy atom. The second kappa shape index (κ2) is 5.68. The summed E-state index contributed by atoms with van der Waals surface area (Å²) in [5, 5.41) is 6.38. The topological polar surface area (TPSA) is 37.0 Å². The van der Waals surface area contributed by atoms with E-state index >= 15 is 0 Å². The second-order valence-corrected chi connectivity index (χ2v) is 4.58. The minimum Gasteiger partial charge on any atom is -0.381 e. The van der Waals surface area contributed by atoms with Crippen molar-refractivity contribution in [2.24, 2.45) is 0 Å². The maximum Gasteiger partial charge on any atom is 0.127 e. The Kier molecular flexibility index (Phi) is 3.98. The lowest BCUT2D eigenvalue weighted by Gasteiger charge is -2.07. The SMILES string of the molecule is CNc1cc(NCc2ccc(Br)cc2)ccn1. The molecule has 4 heteroatoms. The molecule has 2 aromatic rings. The molecule has 2 rings (SSSR count). The van der Waals surface area contributed by atoms with Crippen molar-refractivity contribution in [1.29, 1.82) is 0 Å². The number of anilines is 2. The van der Waals surface area contributed by atoms with Crippen molar-refractivity contribution in [3.05, 3.63) is 52.6 Å². The highest BCUT2D eigenvalue weighted by atomic mass is 79.9. The number of rotatable bonds is 4. The number of nitrogens with one attached hydrogen (secondary N) is 2. The van der Waals surface area contributed by atoms with Crippen molar-refractivity contribution in [2.45, 2.75) is 6.54 Å². The summed E-state index contributed by atoms with van der Waals surface area (Å²) in [5.74, 6) is 0.866. The van der Waals surface area contributed by atoms with E-state index in [0.29, 0.717) is 0 Å². The van der Waals surface area contributed by atoms with E-state index in [1.54, 1.807) is 6.20 Å². The molecule has 0 bridgehead atoms. The molecule has 17 heavy (non-hydrogen) atoms. The van der Waals surface area contributed by atoms with Crippen molar-refractivity contribution in [3.63, 3.8) is 0 Å². The summed E-state index contributed by atoms with van der Waals surface area (Å²) in [7, 11) is 1.86. The van der Waals surface area contributed by atoms with Gasteiger partial charge in [0.25, 0.3) is 0 Å². The van der Waals surface area contributed by atoms with Crippen LogP contribution in [0, 0.1) is 0 Å². The Balaban J connectivity index is 1.99. The fraction of sp³-hybridized carbons (Fsp3) is 0.154. The Labute approximate surface area is 109 Å². The van der Waals surface area contributed by atoms with Crippen LogP contribution in [0.15, 0.2) is 47.1 Å². The zero-order valence-electron chi connectivity index (χ0n) is 9.57. The van der Waals surface area contributed by atoms with E-state index < -0.39 is 0 Å². The maximum absolute atomic E-state index is 4.17. The quantitative estimate of drug-likeness (QED) is 0.905. The van der Waals surface area contributed by atoms with Gasteiger partial charge in [-0.3, -0.25) is 0 Å². The van der Waals surface area contributed by atoms with Gasteiger partial charge >= 0.3 is 0 Å². The molecule has 1 aromatic heterocycles. The van der Waals surface area contributed by atoms with Crippen molar-refractivity contribution in [2.75, 3.05) is 17.7 Å². The Hall–Kier alpha value is -1.55. The molecule has 0 aliphatic carbocycles. The van der Waals surface area contributed by atoms with Gasteiger partial charge in [0.15, 0.2) is 0 Å². The first-order chi connectivity index (χ1) is 8.28. The molecule has 0 amide bonds. The molecular weight excluding hydrogens is 278 g/mol. The second-order valence-electron chi connectivity index (χ2n) is 3.66. The molecule has 2 N–H and O–H groups in total. The summed E-state index contributed by atoms with van der Waals surface area (Å²) in [5.41, 5.74) is 2.31. The summed E-state index contributed by atoms with van der Waals surface area (Å²) in [4.78, 5) is 4.17. The molecule has 3 nitrogen and oxygen atoms in total. The van der Waals surface area contributed by atoms with Gasteiger partial charge in [-0.2, -0.15) is 0 Å². The highest BCUT2D eigenvalue weighted by molar-refractivity contribution is 9.10. The van der Waals surface area contributed by atoms with E-state index in [-0.39, 0.29) is 0 Å². The highest BCUT2D eigenvalue weighted by Crippen LogP contribution is 2.14. The van der Waals surface area contributed by atoms with Gasteiger partial charge in [-0.25, -0.2) is 4.98 Å². The van der Waals surface area contributed by atoms with Gasteiger partial charge in [-0.15, -0.1) is 0 Å². The third-order valence-electron chi connectivity index (χ3n) is 2.43.